The molecule has 0 aliphatic rings. The van der Waals surface area contributed by atoms with Gasteiger partial charge in [0, 0.05) is 0 Å². The number of aryl methyl sites for hydroxylation is 1. The minimum absolute atomic E-state index is 0. The zero-order chi connectivity index (χ0) is 13.2. The third-order valence-electron chi connectivity index (χ3n) is 1.14. The van der Waals surface area contributed by atoms with Crippen LogP contribution in [-0.4, -0.2) is 19.6 Å². The molecule has 0 unspecified atom stereocenters. The number of nitrogens with one attached hydrogen (secondary N) is 3. The second kappa shape index (κ2) is 29.8. The molecular weight excluding hydrogens is 377 g/mol. The first kappa shape index (κ1) is 25.8. The molecule has 0 spiro atoms. The molecule has 0 bridgehead atoms. The summed E-state index contributed by atoms with van der Waals surface area (Å²) >= 11 is 0. The van der Waals surface area contributed by atoms with E-state index in [1.165, 1.54) is 5.56 Å². The fourth-order valence-corrected chi connectivity index (χ4v) is 0.650. The molecule has 0 saturated heterocycles. The summed E-state index contributed by atoms with van der Waals surface area (Å²) in [6, 6.07) is 8.41. The molecule has 0 aliphatic carbocycles. The van der Waals surface area contributed by atoms with E-state index in [1.54, 1.807) is 20.8 Å². The van der Waals surface area contributed by atoms with Crippen molar-refractivity contribution in [2.24, 2.45) is 0 Å². The maximum Gasteiger partial charge on any atom is 4.00 e. The van der Waals surface area contributed by atoms with Crippen molar-refractivity contribution in [3.8, 4) is 0 Å². The number of hydrogen-bond acceptors (Lipinski definition) is 0. The van der Waals surface area contributed by atoms with E-state index in [0.717, 1.165) is 6.42 Å². The Morgan fingerprint density at radius 2 is 1.00 bits per heavy atom. The van der Waals surface area contributed by atoms with Crippen LogP contribution in [0.2, 0.25) is 0 Å². The average molecular weight is 404 g/mol. The van der Waals surface area contributed by atoms with Crippen molar-refractivity contribution in [3.63, 3.8) is 0 Å². The summed E-state index contributed by atoms with van der Waals surface area (Å²) in [6.45, 7) is 9.04. The molecule has 98 valence electrons. The van der Waals surface area contributed by atoms with Gasteiger partial charge in [-0.05, 0) is 0 Å². The first-order valence-electron chi connectivity index (χ1n) is 5.82. The summed E-state index contributed by atoms with van der Waals surface area (Å²) in [7, 11) is 0. The zero-order valence-electron chi connectivity index (χ0n) is 11.6. The van der Waals surface area contributed by atoms with Gasteiger partial charge in [0.25, 0.3) is 0 Å². The summed E-state index contributed by atoms with van der Waals surface area (Å²) < 4.78 is 0. The van der Waals surface area contributed by atoms with Gasteiger partial charge >= 0.3 is 25.8 Å². The molecule has 0 fully saturated rings. The van der Waals surface area contributed by atoms with Gasteiger partial charge in [0.05, 0.1) is 0 Å². The SMILES string of the molecule is CC[NH-].CC[NH-].CC[NH-].CC[c-]1cccc1.[Hf+4]. The van der Waals surface area contributed by atoms with Crippen molar-refractivity contribution >= 4 is 0 Å². The molecule has 0 saturated carbocycles. The Kier molecular flexibility index (Phi) is 45.3. The van der Waals surface area contributed by atoms with Gasteiger partial charge in [0.1, 0.15) is 0 Å². The summed E-state index contributed by atoms with van der Waals surface area (Å²) in [4.78, 5) is 0. The fourth-order valence-electron chi connectivity index (χ4n) is 0.650. The predicted octanol–water partition coefficient (Wildman–Crippen LogP) is 5.14. The van der Waals surface area contributed by atoms with Crippen LogP contribution in [0.3, 0.4) is 0 Å². The molecule has 0 aliphatic heterocycles. The van der Waals surface area contributed by atoms with E-state index in [0.29, 0.717) is 19.6 Å². The Bertz CT molecular complexity index is 160. The van der Waals surface area contributed by atoms with Crippen LogP contribution in [0, 0.1) is 0 Å². The molecular formula is C13H27HfN3. The molecule has 0 radical (unpaired) electrons. The van der Waals surface area contributed by atoms with E-state index in [2.05, 4.69) is 31.2 Å². The first-order valence-corrected chi connectivity index (χ1v) is 5.82. The topological polar surface area (TPSA) is 71.4 Å². The van der Waals surface area contributed by atoms with Crippen LogP contribution >= 0.6 is 0 Å². The van der Waals surface area contributed by atoms with Crippen LogP contribution in [0.4, 0.5) is 0 Å². The van der Waals surface area contributed by atoms with E-state index in [1.807, 2.05) is 0 Å². The van der Waals surface area contributed by atoms with Crippen molar-refractivity contribution in [1.29, 1.82) is 0 Å². The van der Waals surface area contributed by atoms with Crippen LogP contribution in [0.5, 0.6) is 0 Å². The first-order chi connectivity index (χ1) is 7.67. The van der Waals surface area contributed by atoms with Gasteiger partial charge in [-0.15, -0.1) is 0 Å². The molecule has 17 heavy (non-hydrogen) atoms. The van der Waals surface area contributed by atoms with Crippen molar-refractivity contribution in [2.45, 2.75) is 34.1 Å². The van der Waals surface area contributed by atoms with Crippen molar-refractivity contribution in [2.75, 3.05) is 19.6 Å². The largest absolute Gasteiger partial charge is 4.00 e. The van der Waals surface area contributed by atoms with E-state index in [-0.39, 0.29) is 25.8 Å². The van der Waals surface area contributed by atoms with Crippen LogP contribution < -0.4 is 0 Å². The Morgan fingerprint density at radius 3 is 1.12 bits per heavy atom. The van der Waals surface area contributed by atoms with Crippen LogP contribution in [0.25, 0.3) is 17.2 Å². The standard InChI is InChI=1S/C7H9.3C2H6N.Hf/c1-2-7-5-3-4-6-7;3*1-2-3;/h3-6H,2H2,1H3;3*3H,2H2,1H3;/q4*-1;+4. The van der Waals surface area contributed by atoms with Crippen LogP contribution in [0.1, 0.15) is 33.3 Å². The molecule has 3 N–H and O–H groups in total. The maximum absolute atomic E-state index is 6.21. The van der Waals surface area contributed by atoms with Crippen molar-refractivity contribution < 1.29 is 25.8 Å². The third-order valence-corrected chi connectivity index (χ3v) is 1.14. The number of rotatable bonds is 1. The maximum atomic E-state index is 6.21. The molecule has 0 amide bonds. The summed E-state index contributed by atoms with van der Waals surface area (Å²) in [5, 5.41) is 0. The van der Waals surface area contributed by atoms with Gasteiger partial charge in [-0.2, -0.15) is 37.3 Å². The summed E-state index contributed by atoms with van der Waals surface area (Å²) in [5.41, 5.74) is 20.1. The van der Waals surface area contributed by atoms with E-state index >= 15 is 0 Å². The second-order valence-electron chi connectivity index (χ2n) is 2.71. The van der Waals surface area contributed by atoms with E-state index in [4.69, 9.17) is 17.2 Å². The molecule has 3 nitrogen and oxygen atoms in total. The van der Waals surface area contributed by atoms with Gasteiger partial charge in [0.15, 0.2) is 0 Å². The minimum atomic E-state index is 0. The predicted molar refractivity (Wildman–Crippen MR) is 76.0 cm³/mol. The molecule has 0 aromatic heterocycles. The molecule has 1 aromatic rings. The Morgan fingerprint density at radius 1 is 0.765 bits per heavy atom. The average Bonchev–Trinajstić information content (AvgIpc) is 2.73. The zero-order valence-corrected chi connectivity index (χ0v) is 15.2. The smallest absolute Gasteiger partial charge is 0.678 e. The van der Waals surface area contributed by atoms with Crippen molar-refractivity contribution in [1.82, 2.24) is 0 Å². The second-order valence-corrected chi connectivity index (χ2v) is 2.71. The monoisotopic (exact) mass is 405 g/mol. The minimum Gasteiger partial charge on any atom is -0.678 e. The summed E-state index contributed by atoms with van der Waals surface area (Å²) in [5.74, 6) is 0. The van der Waals surface area contributed by atoms with Gasteiger partial charge in [-0.1, -0.05) is 34.1 Å². The molecule has 1 aromatic carbocycles. The normalized spacial score (nSPS) is 7.00. The molecule has 4 heteroatoms. The van der Waals surface area contributed by atoms with Gasteiger partial charge in [-0.3, -0.25) is 0 Å². The Labute approximate surface area is 126 Å². The van der Waals surface area contributed by atoms with Crippen LogP contribution in [0.15, 0.2) is 24.3 Å². The van der Waals surface area contributed by atoms with Crippen LogP contribution in [-0.2, 0) is 32.3 Å². The fraction of sp³-hybridized carbons (Fsp3) is 0.615. The Balaban J connectivity index is -0.0000000734. The quantitative estimate of drug-likeness (QED) is 0.460. The molecule has 0 heterocycles. The molecule has 1 rings (SSSR count). The number of hydrogen-bond donors (Lipinski definition) is 0. The van der Waals surface area contributed by atoms with Crippen molar-refractivity contribution in [3.05, 3.63) is 47.0 Å². The van der Waals surface area contributed by atoms with Gasteiger partial charge in [-0.25, -0.2) is 12.1 Å². The van der Waals surface area contributed by atoms with Gasteiger partial charge in [0.2, 0.25) is 0 Å². The molecule has 0 atom stereocenters. The van der Waals surface area contributed by atoms with E-state index in [9.17, 15) is 0 Å². The third kappa shape index (κ3) is 38.7. The van der Waals surface area contributed by atoms with E-state index < -0.39 is 0 Å². The Hall–Kier alpha value is 0.100. The summed E-state index contributed by atoms with van der Waals surface area (Å²) in [6.07, 6.45) is 1.16. The van der Waals surface area contributed by atoms with Gasteiger partial charge < -0.3 is 17.2 Å².